The summed E-state index contributed by atoms with van der Waals surface area (Å²) >= 11 is 3.10. The van der Waals surface area contributed by atoms with E-state index in [0.717, 1.165) is 10.6 Å². The average Bonchev–Trinajstić information content (AvgIpc) is 3.15. The van der Waals surface area contributed by atoms with E-state index in [1.54, 1.807) is 29.7 Å². The zero-order chi connectivity index (χ0) is 13.1. The predicted octanol–water partition coefficient (Wildman–Crippen LogP) is 4.53. The van der Waals surface area contributed by atoms with Gasteiger partial charge in [-0.1, -0.05) is 6.07 Å². The van der Waals surface area contributed by atoms with E-state index >= 15 is 0 Å². The second-order valence-electron chi connectivity index (χ2n) is 3.70. The highest BCUT2D eigenvalue weighted by atomic mass is 32.1. The number of allylic oxidation sites excluding steroid dienone is 1. The van der Waals surface area contributed by atoms with Gasteiger partial charge in [0.25, 0.3) is 0 Å². The van der Waals surface area contributed by atoms with Crippen molar-refractivity contribution in [3.05, 3.63) is 52.1 Å². The predicted molar refractivity (Wildman–Crippen MR) is 77.6 cm³/mol. The van der Waals surface area contributed by atoms with E-state index in [1.165, 1.54) is 11.3 Å². The molecule has 0 unspecified atom stereocenters. The molecule has 3 nitrogen and oxygen atoms in total. The van der Waals surface area contributed by atoms with Crippen LogP contribution in [-0.4, -0.2) is 4.98 Å². The van der Waals surface area contributed by atoms with Gasteiger partial charge in [0.15, 0.2) is 0 Å². The van der Waals surface area contributed by atoms with Crippen LogP contribution in [0.1, 0.15) is 10.8 Å². The number of rotatable bonds is 3. The van der Waals surface area contributed by atoms with Crippen molar-refractivity contribution in [1.29, 1.82) is 5.26 Å². The van der Waals surface area contributed by atoms with Crippen LogP contribution in [0.25, 0.3) is 22.2 Å². The number of thiophene rings is 1. The summed E-state index contributed by atoms with van der Waals surface area (Å²) in [7, 11) is 0. The normalized spacial score (nSPS) is 11.4. The molecule has 0 bridgehead atoms. The molecule has 0 saturated heterocycles. The van der Waals surface area contributed by atoms with Crippen molar-refractivity contribution in [2.24, 2.45) is 0 Å². The summed E-state index contributed by atoms with van der Waals surface area (Å²) in [5, 5.41) is 13.9. The minimum atomic E-state index is 0.516. The number of nitrogens with zero attached hydrogens (tertiary/aromatic N) is 2. The van der Waals surface area contributed by atoms with Crippen molar-refractivity contribution in [1.82, 2.24) is 4.98 Å². The largest absolute Gasteiger partial charge is 0.465 e. The molecule has 0 aliphatic heterocycles. The molecule has 3 aromatic heterocycles. The molecule has 0 aliphatic rings. The van der Waals surface area contributed by atoms with Gasteiger partial charge >= 0.3 is 0 Å². The summed E-state index contributed by atoms with van der Waals surface area (Å²) in [6, 6.07) is 9.78. The van der Waals surface area contributed by atoms with Crippen molar-refractivity contribution in [3.8, 4) is 16.6 Å². The fourth-order valence-electron chi connectivity index (χ4n) is 1.59. The fraction of sp³-hybridized carbons (Fsp3) is 0. The molecule has 19 heavy (non-hydrogen) atoms. The number of aromatic nitrogens is 1. The molecule has 3 rings (SSSR count). The third-order valence-electron chi connectivity index (χ3n) is 2.46. The van der Waals surface area contributed by atoms with E-state index in [1.807, 2.05) is 29.0 Å². The quantitative estimate of drug-likeness (QED) is 0.664. The van der Waals surface area contributed by atoms with Crippen molar-refractivity contribution in [2.45, 2.75) is 0 Å². The molecular weight excluding hydrogens is 276 g/mol. The summed E-state index contributed by atoms with van der Waals surface area (Å²) in [6.45, 7) is 0. The van der Waals surface area contributed by atoms with Crippen LogP contribution >= 0.6 is 22.7 Å². The molecule has 3 aromatic rings. The van der Waals surface area contributed by atoms with Gasteiger partial charge in [-0.2, -0.15) is 5.26 Å². The van der Waals surface area contributed by atoms with E-state index in [4.69, 9.17) is 4.42 Å². The van der Waals surface area contributed by atoms with E-state index in [2.05, 4.69) is 11.1 Å². The highest BCUT2D eigenvalue weighted by Crippen LogP contribution is 2.29. The molecule has 0 aliphatic carbocycles. The zero-order valence-electron chi connectivity index (χ0n) is 9.74. The number of hydrogen-bond donors (Lipinski definition) is 0. The first-order chi connectivity index (χ1) is 9.36. The minimum absolute atomic E-state index is 0.516. The maximum absolute atomic E-state index is 9.23. The van der Waals surface area contributed by atoms with Gasteiger partial charge in [0.2, 0.25) is 0 Å². The number of hydrogen-bond acceptors (Lipinski definition) is 5. The Balaban J connectivity index is 1.96. The molecule has 92 valence electrons. The Labute approximate surface area is 118 Å². The van der Waals surface area contributed by atoms with Gasteiger partial charge < -0.3 is 4.42 Å². The van der Waals surface area contributed by atoms with Crippen LogP contribution in [0.2, 0.25) is 0 Å². The van der Waals surface area contributed by atoms with Crippen molar-refractivity contribution in [3.63, 3.8) is 0 Å². The van der Waals surface area contributed by atoms with Crippen molar-refractivity contribution >= 4 is 34.3 Å². The molecular formula is C14H8N2OS2. The van der Waals surface area contributed by atoms with Crippen LogP contribution in [0.15, 0.2) is 45.7 Å². The molecule has 5 heteroatoms. The smallest absolute Gasteiger partial charge is 0.134 e. The molecule has 0 fully saturated rings. The summed E-state index contributed by atoms with van der Waals surface area (Å²) < 4.78 is 5.22. The van der Waals surface area contributed by atoms with Crippen LogP contribution in [0.3, 0.4) is 0 Å². The van der Waals surface area contributed by atoms with Gasteiger partial charge in [0.05, 0.1) is 22.4 Å². The maximum atomic E-state index is 9.23. The molecule has 0 aromatic carbocycles. The van der Waals surface area contributed by atoms with Gasteiger partial charge in [-0.05, 0) is 23.6 Å². The Morgan fingerprint density at radius 3 is 2.95 bits per heavy atom. The molecule has 0 radical (unpaired) electrons. The van der Waals surface area contributed by atoms with Gasteiger partial charge in [0, 0.05) is 11.5 Å². The Hall–Kier alpha value is -2.16. The van der Waals surface area contributed by atoms with Gasteiger partial charge in [-0.15, -0.1) is 22.7 Å². The van der Waals surface area contributed by atoms with Crippen molar-refractivity contribution in [2.75, 3.05) is 0 Å². The maximum Gasteiger partial charge on any atom is 0.134 e. The highest BCUT2D eigenvalue weighted by Gasteiger charge is 2.10. The first-order valence-electron chi connectivity index (χ1n) is 5.52. The average molecular weight is 284 g/mol. The van der Waals surface area contributed by atoms with E-state index in [-0.39, 0.29) is 0 Å². The monoisotopic (exact) mass is 284 g/mol. The van der Waals surface area contributed by atoms with E-state index in [0.29, 0.717) is 16.3 Å². The lowest BCUT2D eigenvalue weighted by atomic mass is 10.2. The molecule has 0 saturated carbocycles. The van der Waals surface area contributed by atoms with Crippen LogP contribution < -0.4 is 0 Å². The van der Waals surface area contributed by atoms with E-state index in [9.17, 15) is 5.26 Å². The zero-order valence-corrected chi connectivity index (χ0v) is 11.4. The SMILES string of the molecule is N#C/C(=C\c1ccco1)c1nc(-c2cccs2)cs1. The molecule has 3 heterocycles. The molecule has 0 spiro atoms. The summed E-state index contributed by atoms with van der Waals surface area (Å²) in [5.41, 5.74) is 1.43. The van der Waals surface area contributed by atoms with E-state index < -0.39 is 0 Å². The van der Waals surface area contributed by atoms with Gasteiger partial charge in [-0.25, -0.2) is 4.98 Å². The van der Waals surface area contributed by atoms with Crippen LogP contribution in [0.4, 0.5) is 0 Å². The number of furan rings is 1. The topological polar surface area (TPSA) is 49.8 Å². The standard InChI is InChI=1S/C14H8N2OS2/c15-8-10(7-11-3-1-5-17-11)14-16-12(9-19-14)13-4-2-6-18-13/h1-7,9H/b10-7+. The lowest BCUT2D eigenvalue weighted by molar-refractivity contribution is 0.557. The van der Waals surface area contributed by atoms with Gasteiger partial charge in [-0.3, -0.25) is 0 Å². The third-order valence-corrected chi connectivity index (χ3v) is 4.23. The first-order valence-corrected chi connectivity index (χ1v) is 7.28. The summed E-state index contributed by atoms with van der Waals surface area (Å²) in [5.74, 6) is 0.657. The highest BCUT2D eigenvalue weighted by molar-refractivity contribution is 7.14. The molecule has 0 N–H and O–H groups in total. The first kappa shape index (κ1) is 11.9. The Bertz CT molecular complexity index is 731. The lowest BCUT2D eigenvalue weighted by Crippen LogP contribution is -1.80. The van der Waals surface area contributed by atoms with Crippen LogP contribution in [-0.2, 0) is 0 Å². The Kier molecular flexibility index (Phi) is 3.27. The van der Waals surface area contributed by atoms with Crippen LogP contribution in [0, 0.1) is 11.3 Å². The molecule has 0 amide bonds. The second-order valence-corrected chi connectivity index (χ2v) is 5.51. The van der Waals surface area contributed by atoms with Crippen LogP contribution in [0.5, 0.6) is 0 Å². The number of nitriles is 1. The minimum Gasteiger partial charge on any atom is -0.465 e. The van der Waals surface area contributed by atoms with Crippen molar-refractivity contribution < 1.29 is 4.42 Å². The third kappa shape index (κ3) is 2.50. The number of thiazole rings is 1. The second kappa shape index (κ2) is 5.22. The van der Waals surface area contributed by atoms with Gasteiger partial charge in [0.1, 0.15) is 16.8 Å². The Morgan fingerprint density at radius 2 is 2.26 bits per heavy atom. The Morgan fingerprint density at radius 1 is 1.32 bits per heavy atom. The molecule has 0 atom stereocenters. The fourth-order valence-corrected chi connectivity index (χ4v) is 3.14. The summed E-state index contributed by atoms with van der Waals surface area (Å²) in [6.07, 6.45) is 3.29. The summed E-state index contributed by atoms with van der Waals surface area (Å²) in [4.78, 5) is 5.61. The lowest BCUT2D eigenvalue weighted by Gasteiger charge is -1.91.